The SMILES string of the molecule is Nc1ncc(C2CCS(=O)(=O)CC2)cc1-c1ccc(C(=O)NC(CO)c2ccccc2)cc1. The first-order chi connectivity index (χ1) is 15.9. The van der Waals surface area contributed by atoms with Gasteiger partial charge in [0.15, 0.2) is 0 Å². The lowest BCUT2D eigenvalue weighted by Crippen LogP contribution is -2.30. The van der Waals surface area contributed by atoms with Crippen molar-refractivity contribution in [1.82, 2.24) is 10.3 Å². The topological polar surface area (TPSA) is 122 Å². The number of nitrogen functional groups attached to an aromatic ring is 1. The van der Waals surface area contributed by atoms with Crippen molar-refractivity contribution < 1.29 is 18.3 Å². The molecule has 1 fully saturated rings. The molecular formula is C25H27N3O4S. The Labute approximate surface area is 193 Å². The van der Waals surface area contributed by atoms with E-state index in [0.717, 1.165) is 22.3 Å². The van der Waals surface area contributed by atoms with Gasteiger partial charge in [-0.1, -0.05) is 42.5 Å². The summed E-state index contributed by atoms with van der Waals surface area (Å²) in [4.78, 5) is 17.0. The van der Waals surface area contributed by atoms with Crippen LogP contribution in [0.25, 0.3) is 11.1 Å². The minimum atomic E-state index is -2.93. The molecular weight excluding hydrogens is 438 g/mol. The summed E-state index contributed by atoms with van der Waals surface area (Å²) in [6.45, 7) is -0.203. The number of aromatic nitrogens is 1. The molecule has 1 atom stereocenters. The molecule has 1 unspecified atom stereocenters. The zero-order valence-electron chi connectivity index (χ0n) is 18.1. The van der Waals surface area contributed by atoms with Gasteiger partial charge in [0.05, 0.1) is 24.2 Å². The number of benzene rings is 2. The number of nitrogens with zero attached hydrogens (tertiary/aromatic N) is 1. The van der Waals surface area contributed by atoms with Gasteiger partial charge >= 0.3 is 0 Å². The van der Waals surface area contributed by atoms with Crippen molar-refractivity contribution in [1.29, 1.82) is 0 Å². The number of nitrogens with one attached hydrogen (secondary N) is 1. The number of aliphatic hydroxyl groups excluding tert-OH is 1. The summed E-state index contributed by atoms with van der Waals surface area (Å²) in [5.41, 5.74) is 9.98. The number of carbonyl (C=O) groups is 1. The summed E-state index contributed by atoms with van der Waals surface area (Å²) in [5.74, 6) is 0.619. The number of rotatable bonds is 6. The van der Waals surface area contributed by atoms with Crippen molar-refractivity contribution in [3.05, 3.63) is 83.6 Å². The van der Waals surface area contributed by atoms with Crippen LogP contribution in [0.2, 0.25) is 0 Å². The Balaban J connectivity index is 1.50. The fourth-order valence-electron chi connectivity index (χ4n) is 4.13. The first kappa shape index (κ1) is 22.9. The van der Waals surface area contributed by atoms with Crippen molar-refractivity contribution in [3.8, 4) is 11.1 Å². The summed E-state index contributed by atoms with van der Waals surface area (Å²) in [5, 5.41) is 12.5. The van der Waals surface area contributed by atoms with Gasteiger partial charge in [0.25, 0.3) is 5.91 Å². The van der Waals surface area contributed by atoms with Crippen LogP contribution >= 0.6 is 0 Å². The molecule has 1 aromatic heterocycles. The third-order valence-corrected chi connectivity index (χ3v) is 7.83. The number of hydrogen-bond acceptors (Lipinski definition) is 6. The molecule has 0 aliphatic carbocycles. The highest BCUT2D eigenvalue weighted by molar-refractivity contribution is 7.91. The van der Waals surface area contributed by atoms with Crippen LogP contribution in [0.1, 0.15) is 46.3 Å². The molecule has 33 heavy (non-hydrogen) atoms. The molecule has 8 heteroatoms. The molecule has 0 saturated carbocycles. The van der Waals surface area contributed by atoms with Crippen LogP contribution in [0.3, 0.4) is 0 Å². The third kappa shape index (κ3) is 5.40. The molecule has 172 valence electrons. The largest absolute Gasteiger partial charge is 0.394 e. The molecule has 3 aromatic rings. The molecule has 2 aromatic carbocycles. The number of sulfone groups is 1. The maximum atomic E-state index is 12.7. The average molecular weight is 466 g/mol. The molecule has 1 aliphatic heterocycles. The number of carbonyl (C=O) groups excluding carboxylic acids is 1. The van der Waals surface area contributed by atoms with Crippen LogP contribution in [0, 0.1) is 0 Å². The normalized spacial score (nSPS) is 16.8. The van der Waals surface area contributed by atoms with Crippen LogP contribution in [0.4, 0.5) is 5.82 Å². The molecule has 1 aliphatic rings. The summed E-state index contributed by atoms with van der Waals surface area (Å²) in [7, 11) is -2.93. The molecule has 7 nitrogen and oxygen atoms in total. The number of aliphatic hydroxyl groups is 1. The smallest absolute Gasteiger partial charge is 0.251 e. The van der Waals surface area contributed by atoms with Crippen LogP contribution in [0.5, 0.6) is 0 Å². The van der Waals surface area contributed by atoms with Gasteiger partial charge < -0.3 is 16.2 Å². The predicted octanol–water partition coefficient (Wildman–Crippen LogP) is 3.09. The third-order valence-electron chi connectivity index (χ3n) is 6.11. The Morgan fingerprint density at radius 3 is 2.39 bits per heavy atom. The summed E-state index contributed by atoms with van der Waals surface area (Å²) >= 11 is 0. The van der Waals surface area contributed by atoms with E-state index in [1.54, 1.807) is 18.3 Å². The van der Waals surface area contributed by atoms with Gasteiger partial charge in [-0.3, -0.25) is 4.79 Å². The van der Waals surface area contributed by atoms with Gasteiger partial charge in [-0.2, -0.15) is 0 Å². The Morgan fingerprint density at radius 2 is 1.76 bits per heavy atom. The van der Waals surface area contributed by atoms with E-state index in [1.165, 1.54) is 0 Å². The highest BCUT2D eigenvalue weighted by Crippen LogP contribution is 2.33. The average Bonchev–Trinajstić information content (AvgIpc) is 2.83. The van der Waals surface area contributed by atoms with E-state index in [1.807, 2.05) is 48.5 Å². The minimum absolute atomic E-state index is 0.138. The van der Waals surface area contributed by atoms with E-state index in [2.05, 4.69) is 10.3 Å². The zero-order valence-corrected chi connectivity index (χ0v) is 19.0. The molecule has 4 N–H and O–H groups in total. The zero-order chi connectivity index (χ0) is 23.4. The summed E-state index contributed by atoms with van der Waals surface area (Å²) < 4.78 is 23.5. The lowest BCUT2D eigenvalue weighted by molar-refractivity contribution is 0.0916. The second-order valence-corrected chi connectivity index (χ2v) is 10.6. The number of hydrogen-bond donors (Lipinski definition) is 3. The monoisotopic (exact) mass is 465 g/mol. The van der Waals surface area contributed by atoms with Crippen molar-refractivity contribution in [3.63, 3.8) is 0 Å². The second kappa shape index (κ2) is 9.72. The molecule has 1 amide bonds. The maximum Gasteiger partial charge on any atom is 0.251 e. The van der Waals surface area contributed by atoms with Crippen molar-refractivity contribution in [2.45, 2.75) is 24.8 Å². The highest BCUT2D eigenvalue weighted by atomic mass is 32.2. The van der Waals surface area contributed by atoms with Gasteiger partial charge in [-0.05, 0) is 53.6 Å². The number of amides is 1. The van der Waals surface area contributed by atoms with Crippen molar-refractivity contribution >= 4 is 21.6 Å². The fraction of sp³-hybridized carbons (Fsp3) is 0.280. The molecule has 0 radical (unpaired) electrons. The summed E-state index contributed by atoms with van der Waals surface area (Å²) in [6.07, 6.45) is 2.89. The van der Waals surface area contributed by atoms with E-state index in [-0.39, 0.29) is 29.9 Å². The van der Waals surface area contributed by atoms with Gasteiger partial charge in [-0.25, -0.2) is 13.4 Å². The fourth-order valence-corrected chi connectivity index (χ4v) is 5.62. The Bertz CT molecular complexity index is 1210. The lowest BCUT2D eigenvalue weighted by atomic mass is 9.92. The van der Waals surface area contributed by atoms with E-state index in [9.17, 15) is 18.3 Å². The van der Waals surface area contributed by atoms with Crippen molar-refractivity contribution in [2.24, 2.45) is 0 Å². The molecule has 0 spiro atoms. The van der Waals surface area contributed by atoms with Gasteiger partial charge in [0, 0.05) is 17.3 Å². The Morgan fingerprint density at radius 1 is 1.09 bits per heavy atom. The highest BCUT2D eigenvalue weighted by Gasteiger charge is 2.25. The molecule has 1 saturated heterocycles. The van der Waals surface area contributed by atoms with Crippen LogP contribution in [-0.2, 0) is 9.84 Å². The maximum absolute atomic E-state index is 12.7. The van der Waals surface area contributed by atoms with E-state index < -0.39 is 15.9 Å². The number of anilines is 1. The Hall–Kier alpha value is -3.23. The first-order valence-corrected chi connectivity index (χ1v) is 12.7. The van der Waals surface area contributed by atoms with Crippen molar-refractivity contribution in [2.75, 3.05) is 23.8 Å². The van der Waals surface area contributed by atoms with Gasteiger partial charge in [0.2, 0.25) is 0 Å². The first-order valence-electron chi connectivity index (χ1n) is 10.9. The van der Waals surface area contributed by atoms with E-state index in [0.29, 0.717) is 24.2 Å². The van der Waals surface area contributed by atoms with Gasteiger partial charge in [0.1, 0.15) is 15.7 Å². The molecule has 4 rings (SSSR count). The van der Waals surface area contributed by atoms with Crippen LogP contribution < -0.4 is 11.1 Å². The minimum Gasteiger partial charge on any atom is -0.394 e. The molecule has 2 heterocycles. The lowest BCUT2D eigenvalue weighted by Gasteiger charge is -2.22. The quantitative estimate of drug-likeness (QED) is 0.514. The van der Waals surface area contributed by atoms with Crippen LogP contribution in [-0.4, -0.2) is 42.5 Å². The predicted molar refractivity (Wildman–Crippen MR) is 128 cm³/mol. The standard InChI is InChI=1S/C25H27N3O4S/c26-24-22(14-21(15-27-24)17-10-12-33(31,32)13-11-17)18-6-8-20(9-7-18)25(30)28-23(16-29)19-4-2-1-3-5-19/h1-9,14-15,17,23,29H,10-13,16H2,(H2,26,27)(H,28,30). The Kier molecular flexibility index (Phi) is 6.76. The second-order valence-electron chi connectivity index (χ2n) is 8.32. The number of nitrogens with two attached hydrogens (primary N) is 1. The van der Waals surface area contributed by atoms with E-state index >= 15 is 0 Å². The summed E-state index contributed by atoms with van der Waals surface area (Å²) in [6, 6.07) is 17.8. The van der Waals surface area contributed by atoms with Crippen LogP contribution in [0.15, 0.2) is 66.9 Å². The number of pyridine rings is 1. The van der Waals surface area contributed by atoms with Gasteiger partial charge in [-0.15, -0.1) is 0 Å². The van der Waals surface area contributed by atoms with E-state index in [4.69, 9.17) is 5.73 Å². The molecule has 0 bridgehead atoms.